The first-order valence-electron chi connectivity index (χ1n) is 8.25. The molecule has 23 heavy (non-hydrogen) atoms. The summed E-state index contributed by atoms with van der Waals surface area (Å²) in [6.07, 6.45) is -0.583. The number of carbonyl (C=O) groups is 1. The zero-order chi connectivity index (χ0) is 17.3. The van der Waals surface area contributed by atoms with Crippen molar-refractivity contribution in [1.29, 1.82) is 0 Å². The number of nitrogens with one attached hydrogen (secondary N) is 2. The average Bonchev–Trinajstić information content (AvgIpc) is 2.74. The number of amides is 2. The number of ether oxygens (including phenoxy) is 1. The van der Waals surface area contributed by atoms with E-state index in [0.717, 1.165) is 12.8 Å². The molecule has 2 aliphatic carbocycles. The fourth-order valence-corrected chi connectivity index (χ4v) is 4.20. The molecule has 2 rings (SSSR count). The fourth-order valence-electron chi connectivity index (χ4n) is 4.20. The van der Waals surface area contributed by atoms with Gasteiger partial charge in [0.25, 0.3) is 0 Å². The quantitative estimate of drug-likeness (QED) is 0.730. The topological polar surface area (TPSA) is 50.4 Å². The number of alkyl halides is 3. The van der Waals surface area contributed by atoms with Crippen LogP contribution in [0.1, 0.15) is 46.5 Å². The number of hydrogen-bond acceptors (Lipinski definition) is 2. The van der Waals surface area contributed by atoms with Gasteiger partial charge >= 0.3 is 12.2 Å². The first-order valence-corrected chi connectivity index (χ1v) is 8.25. The Morgan fingerprint density at radius 2 is 2.00 bits per heavy atom. The van der Waals surface area contributed by atoms with Gasteiger partial charge in [-0.25, -0.2) is 4.79 Å². The minimum absolute atomic E-state index is 0.0178. The molecule has 4 nitrogen and oxygen atoms in total. The molecule has 2 aliphatic rings. The molecule has 0 spiro atoms. The predicted octanol–water partition coefficient (Wildman–Crippen LogP) is 3.47. The van der Waals surface area contributed by atoms with E-state index < -0.39 is 12.8 Å². The molecule has 2 bridgehead atoms. The standard InChI is InChI=1S/C16H27F3N2O2/c1-14(2)11-5-6-15(14,3)12(9-11)21-13(22)20-7-4-8-23-10-16(17,18)19/h11-12H,4-10H2,1-3H3,(H2,20,21,22)/t11-,12+,15-/m0/s1. The van der Waals surface area contributed by atoms with Crippen molar-refractivity contribution in [3.8, 4) is 0 Å². The van der Waals surface area contributed by atoms with E-state index in [0.29, 0.717) is 18.9 Å². The summed E-state index contributed by atoms with van der Waals surface area (Å²) in [5.41, 5.74) is 0.348. The smallest absolute Gasteiger partial charge is 0.372 e. The predicted molar refractivity (Wildman–Crippen MR) is 81.0 cm³/mol. The number of rotatable bonds is 6. The van der Waals surface area contributed by atoms with E-state index in [4.69, 9.17) is 0 Å². The summed E-state index contributed by atoms with van der Waals surface area (Å²) < 4.78 is 40.2. The van der Waals surface area contributed by atoms with Crippen molar-refractivity contribution in [3.05, 3.63) is 0 Å². The maximum atomic E-state index is 12.0. The monoisotopic (exact) mass is 336 g/mol. The number of fused-ring (bicyclic) bond motifs is 2. The number of halogens is 3. The third kappa shape index (κ3) is 3.92. The molecule has 0 aromatic carbocycles. The van der Waals surface area contributed by atoms with Crippen molar-refractivity contribution in [2.45, 2.75) is 58.7 Å². The molecule has 0 aliphatic heterocycles. The molecule has 7 heteroatoms. The van der Waals surface area contributed by atoms with Crippen LogP contribution >= 0.6 is 0 Å². The van der Waals surface area contributed by atoms with E-state index in [1.54, 1.807) is 0 Å². The first kappa shape index (κ1) is 18.4. The number of carbonyl (C=O) groups excluding carboxylic acids is 1. The van der Waals surface area contributed by atoms with Crippen molar-refractivity contribution < 1.29 is 22.7 Å². The van der Waals surface area contributed by atoms with Crippen LogP contribution in [-0.4, -0.2) is 38.0 Å². The normalized spacial score (nSPS) is 32.1. The molecular weight excluding hydrogens is 309 g/mol. The maximum absolute atomic E-state index is 12.0. The summed E-state index contributed by atoms with van der Waals surface area (Å²) in [5.74, 6) is 0.647. The fraction of sp³-hybridized carbons (Fsp3) is 0.938. The van der Waals surface area contributed by atoms with Crippen LogP contribution in [0.25, 0.3) is 0 Å². The second kappa shape index (κ2) is 6.49. The molecule has 2 fully saturated rings. The largest absolute Gasteiger partial charge is 0.411 e. The van der Waals surface area contributed by atoms with E-state index in [9.17, 15) is 18.0 Å². The first-order chi connectivity index (χ1) is 10.6. The highest BCUT2D eigenvalue weighted by molar-refractivity contribution is 5.74. The van der Waals surface area contributed by atoms with Gasteiger partial charge in [0.15, 0.2) is 0 Å². The van der Waals surface area contributed by atoms with Crippen molar-refractivity contribution in [1.82, 2.24) is 10.6 Å². The van der Waals surface area contributed by atoms with Crippen LogP contribution in [0.2, 0.25) is 0 Å². The van der Waals surface area contributed by atoms with Gasteiger partial charge in [0.2, 0.25) is 0 Å². The van der Waals surface area contributed by atoms with Gasteiger partial charge in [0.1, 0.15) is 6.61 Å². The number of urea groups is 1. The van der Waals surface area contributed by atoms with Crippen LogP contribution in [0.5, 0.6) is 0 Å². The van der Waals surface area contributed by atoms with Crippen molar-refractivity contribution in [2.24, 2.45) is 16.7 Å². The van der Waals surface area contributed by atoms with Gasteiger partial charge in [0, 0.05) is 19.2 Å². The lowest BCUT2D eigenvalue weighted by Crippen LogP contribution is -2.50. The lowest BCUT2D eigenvalue weighted by Gasteiger charge is -2.39. The van der Waals surface area contributed by atoms with Gasteiger partial charge in [-0.05, 0) is 42.4 Å². The molecule has 2 amide bonds. The van der Waals surface area contributed by atoms with Crippen LogP contribution in [0.3, 0.4) is 0 Å². The van der Waals surface area contributed by atoms with Crippen LogP contribution < -0.4 is 10.6 Å². The zero-order valence-corrected chi connectivity index (χ0v) is 14.1. The minimum atomic E-state index is -4.30. The van der Waals surface area contributed by atoms with Gasteiger partial charge in [-0.2, -0.15) is 13.2 Å². The van der Waals surface area contributed by atoms with Gasteiger partial charge < -0.3 is 15.4 Å². The SMILES string of the molecule is CC1(C)[C@H]2CC[C@@]1(C)[C@H](NC(=O)NCCCOCC(F)(F)F)C2. The van der Waals surface area contributed by atoms with Crippen LogP contribution in [0, 0.1) is 16.7 Å². The molecular formula is C16H27F3N2O2. The molecule has 0 radical (unpaired) electrons. The third-order valence-corrected chi connectivity index (χ3v) is 6.12. The van der Waals surface area contributed by atoms with Gasteiger partial charge in [-0.15, -0.1) is 0 Å². The average molecular weight is 336 g/mol. The van der Waals surface area contributed by atoms with E-state index in [2.05, 4.69) is 36.1 Å². The van der Waals surface area contributed by atoms with E-state index in [-0.39, 0.29) is 29.5 Å². The van der Waals surface area contributed by atoms with Gasteiger partial charge in [0.05, 0.1) is 0 Å². The Labute approximate surface area is 135 Å². The highest BCUT2D eigenvalue weighted by Gasteiger charge is 2.61. The summed E-state index contributed by atoms with van der Waals surface area (Å²) in [5, 5.41) is 5.75. The molecule has 2 saturated carbocycles. The van der Waals surface area contributed by atoms with Crippen molar-refractivity contribution in [3.63, 3.8) is 0 Å². The summed E-state index contributed by atoms with van der Waals surface area (Å²) >= 11 is 0. The summed E-state index contributed by atoms with van der Waals surface area (Å²) in [7, 11) is 0. The highest BCUT2D eigenvalue weighted by Crippen LogP contribution is 2.65. The van der Waals surface area contributed by atoms with E-state index in [1.807, 2.05) is 0 Å². The zero-order valence-electron chi connectivity index (χ0n) is 14.1. The Balaban J connectivity index is 1.65. The van der Waals surface area contributed by atoms with E-state index >= 15 is 0 Å². The second-order valence-corrected chi connectivity index (χ2v) is 7.58. The molecule has 3 atom stereocenters. The highest BCUT2D eigenvalue weighted by atomic mass is 19.4. The van der Waals surface area contributed by atoms with Gasteiger partial charge in [-0.1, -0.05) is 20.8 Å². The van der Waals surface area contributed by atoms with Crippen molar-refractivity contribution >= 4 is 6.03 Å². The van der Waals surface area contributed by atoms with Crippen LogP contribution in [0.15, 0.2) is 0 Å². The second-order valence-electron chi connectivity index (χ2n) is 7.58. The lowest BCUT2D eigenvalue weighted by molar-refractivity contribution is -0.173. The Morgan fingerprint density at radius 3 is 2.52 bits per heavy atom. The summed E-state index contributed by atoms with van der Waals surface area (Å²) in [6, 6.07) is -0.0758. The molecule has 134 valence electrons. The molecule has 0 heterocycles. The Kier molecular flexibility index (Phi) is 5.18. The Hall–Kier alpha value is -0.980. The Bertz CT molecular complexity index is 440. The van der Waals surface area contributed by atoms with Crippen molar-refractivity contribution in [2.75, 3.05) is 19.8 Å². The van der Waals surface area contributed by atoms with Crippen LogP contribution in [0.4, 0.5) is 18.0 Å². The molecule has 0 aromatic rings. The van der Waals surface area contributed by atoms with Crippen LogP contribution in [-0.2, 0) is 4.74 Å². The minimum Gasteiger partial charge on any atom is -0.372 e. The Morgan fingerprint density at radius 1 is 1.30 bits per heavy atom. The molecule has 0 unspecified atom stereocenters. The third-order valence-electron chi connectivity index (χ3n) is 6.12. The van der Waals surface area contributed by atoms with Gasteiger partial charge in [-0.3, -0.25) is 0 Å². The van der Waals surface area contributed by atoms with E-state index in [1.165, 1.54) is 6.42 Å². The lowest BCUT2D eigenvalue weighted by atomic mass is 9.69. The molecule has 0 aromatic heterocycles. The molecule has 0 saturated heterocycles. The maximum Gasteiger partial charge on any atom is 0.411 e. The number of hydrogen-bond donors (Lipinski definition) is 2. The summed E-state index contributed by atoms with van der Waals surface area (Å²) in [6.45, 7) is 5.85. The molecule has 2 N–H and O–H groups in total. The summed E-state index contributed by atoms with van der Waals surface area (Å²) in [4.78, 5) is 12.0.